The van der Waals surface area contributed by atoms with E-state index in [4.69, 9.17) is 4.42 Å². The molecule has 2 aromatic heterocycles. The highest BCUT2D eigenvalue weighted by Crippen LogP contribution is 2.20. The first-order chi connectivity index (χ1) is 12.3. The summed E-state index contributed by atoms with van der Waals surface area (Å²) in [6.07, 6.45) is 2.44. The number of anilines is 1. The number of aromatic amines is 1. The van der Waals surface area contributed by atoms with Gasteiger partial charge < -0.3 is 14.2 Å². The zero-order valence-electron chi connectivity index (χ0n) is 15.7. The van der Waals surface area contributed by atoms with Crippen molar-refractivity contribution in [2.24, 2.45) is 0 Å². The largest absolute Gasteiger partial charge is 0.469 e. The van der Waals surface area contributed by atoms with Crippen LogP contribution >= 0.6 is 0 Å². The van der Waals surface area contributed by atoms with Gasteiger partial charge in [-0.05, 0) is 26.5 Å². The molecule has 26 heavy (non-hydrogen) atoms. The minimum Gasteiger partial charge on any atom is -0.469 e. The van der Waals surface area contributed by atoms with Crippen LogP contribution in [0.15, 0.2) is 27.6 Å². The average molecular weight is 359 g/mol. The Hall–Kier alpha value is -2.61. The summed E-state index contributed by atoms with van der Waals surface area (Å²) in [5.41, 5.74) is 1.18. The molecule has 1 N–H and O–H groups in total. The molecule has 140 valence electrons. The summed E-state index contributed by atoms with van der Waals surface area (Å²) in [5, 5.41) is 0. The lowest BCUT2D eigenvalue weighted by Gasteiger charge is -2.24. The van der Waals surface area contributed by atoms with Crippen LogP contribution in [0, 0.1) is 6.92 Å². The number of amides is 1. The molecule has 0 bridgehead atoms. The fraction of sp³-hybridized carbons (Fsp3) is 0.500. The standard InChI is InChI=1S/C18H25N5O3/c1-12-15(6-8-26-12)17(25)23-7-5-14(11-23)22(4)10-13-9-16(24)20-18(19-13)21(2)3/h6,8-9,14H,5,7,10-11H2,1-4H3,(H,19,20,24)/t14-/m1/s1. The summed E-state index contributed by atoms with van der Waals surface area (Å²) in [4.78, 5) is 37.4. The van der Waals surface area contributed by atoms with Crippen LogP contribution in [-0.2, 0) is 6.54 Å². The molecule has 8 nitrogen and oxygen atoms in total. The van der Waals surface area contributed by atoms with Crippen molar-refractivity contribution in [2.75, 3.05) is 39.1 Å². The molecule has 0 spiro atoms. The maximum Gasteiger partial charge on any atom is 0.257 e. The zero-order chi connectivity index (χ0) is 18.8. The van der Waals surface area contributed by atoms with E-state index < -0.39 is 0 Å². The number of aromatic nitrogens is 2. The number of likely N-dealkylation sites (N-methyl/N-ethyl adjacent to an activating group) is 1. The van der Waals surface area contributed by atoms with E-state index in [0.29, 0.717) is 36.9 Å². The van der Waals surface area contributed by atoms with Crippen LogP contribution < -0.4 is 10.5 Å². The van der Waals surface area contributed by atoms with Gasteiger partial charge in [-0.1, -0.05) is 0 Å². The summed E-state index contributed by atoms with van der Waals surface area (Å²) >= 11 is 0. The van der Waals surface area contributed by atoms with Crippen molar-refractivity contribution >= 4 is 11.9 Å². The van der Waals surface area contributed by atoms with Crippen molar-refractivity contribution < 1.29 is 9.21 Å². The highest BCUT2D eigenvalue weighted by atomic mass is 16.3. The third-order valence-corrected chi connectivity index (χ3v) is 4.78. The Morgan fingerprint density at radius 2 is 2.19 bits per heavy atom. The summed E-state index contributed by atoms with van der Waals surface area (Å²) in [6.45, 7) is 3.73. The van der Waals surface area contributed by atoms with Gasteiger partial charge in [-0.15, -0.1) is 0 Å². The van der Waals surface area contributed by atoms with Gasteiger partial charge in [0.1, 0.15) is 5.76 Å². The molecule has 3 heterocycles. The van der Waals surface area contributed by atoms with Crippen LogP contribution in [0.3, 0.4) is 0 Å². The molecule has 0 aromatic carbocycles. The van der Waals surface area contributed by atoms with Crippen molar-refractivity contribution in [1.29, 1.82) is 0 Å². The van der Waals surface area contributed by atoms with Gasteiger partial charge in [-0.3, -0.25) is 19.5 Å². The molecule has 1 aliphatic heterocycles. The number of nitrogens with one attached hydrogen (secondary N) is 1. The molecular weight excluding hydrogens is 334 g/mol. The van der Waals surface area contributed by atoms with Crippen LogP contribution in [0.4, 0.5) is 5.95 Å². The van der Waals surface area contributed by atoms with Crippen LogP contribution in [0.5, 0.6) is 0 Å². The first-order valence-electron chi connectivity index (χ1n) is 8.66. The highest BCUT2D eigenvalue weighted by Gasteiger charge is 2.30. The Morgan fingerprint density at radius 3 is 2.85 bits per heavy atom. The number of nitrogens with zero attached hydrogens (tertiary/aromatic N) is 4. The van der Waals surface area contributed by atoms with Crippen LogP contribution in [-0.4, -0.2) is 65.9 Å². The van der Waals surface area contributed by atoms with E-state index >= 15 is 0 Å². The molecule has 1 fully saturated rings. The molecule has 0 unspecified atom stereocenters. The first kappa shape index (κ1) is 18.2. The lowest BCUT2D eigenvalue weighted by Crippen LogP contribution is -2.36. The molecule has 8 heteroatoms. The number of H-pyrrole nitrogens is 1. The normalized spacial score (nSPS) is 17.1. The number of aryl methyl sites for hydroxylation is 1. The summed E-state index contributed by atoms with van der Waals surface area (Å²) in [7, 11) is 5.67. The zero-order valence-corrected chi connectivity index (χ0v) is 15.7. The summed E-state index contributed by atoms with van der Waals surface area (Å²) in [5.74, 6) is 1.20. The Balaban J connectivity index is 1.65. The second-order valence-electron chi connectivity index (χ2n) is 6.95. The number of rotatable bonds is 5. The Kier molecular flexibility index (Phi) is 5.13. The number of carbonyl (C=O) groups excluding carboxylic acids is 1. The number of likely N-dealkylation sites (tertiary alicyclic amines) is 1. The third-order valence-electron chi connectivity index (χ3n) is 4.78. The molecule has 0 saturated carbocycles. The van der Waals surface area contributed by atoms with E-state index in [1.165, 1.54) is 6.07 Å². The molecule has 1 aliphatic rings. The van der Waals surface area contributed by atoms with Gasteiger partial charge in [0.05, 0.1) is 17.5 Å². The van der Waals surface area contributed by atoms with E-state index in [1.54, 1.807) is 24.2 Å². The maximum atomic E-state index is 12.6. The number of hydrogen-bond donors (Lipinski definition) is 1. The second kappa shape index (κ2) is 7.33. The molecule has 3 rings (SSSR count). The van der Waals surface area contributed by atoms with Crippen molar-refractivity contribution in [2.45, 2.75) is 25.9 Å². The van der Waals surface area contributed by atoms with Gasteiger partial charge in [-0.25, -0.2) is 4.98 Å². The van der Waals surface area contributed by atoms with Gasteiger partial charge >= 0.3 is 0 Å². The Morgan fingerprint density at radius 1 is 1.42 bits per heavy atom. The lowest BCUT2D eigenvalue weighted by molar-refractivity contribution is 0.0777. The average Bonchev–Trinajstić information content (AvgIpc) is 3.22. The SMILES string of the molecule is Cc1occc1C(=O)N1CC[C@@H](N(C)Cc2cc(=O)[nH]c(N(C)C)n2)C1. The fourth-order valence-corrected chi connectivity index (χ4v) is 3.23. The maximum absolute atomic E-state index is 12.6. The number of furan rings is 1. The van der Waals surface area contributed by atoms with E-state index in [1.807, 2.05) is 26.0 Å². The highest BCUT2D eigenvalue weighted by molar-refractivity contribution is 5.95. The predicted molar refractivity (Wildman–Crippen MR) is 98.4 cm³/mol. The first-order valence-corrected chi connectivity index (χ1v) is 8.66. The van der Waals surface area contributed by atoms with E-state index in [-0.39, 0.29) is 17.5 Å². The van der Waals surface area contributed by atoms with Gasteiger partial charge in [0.25, 0.3) is 11.5 Å². The molecule has 0 radical (unpaired) electrons. The van der Waals surface area contributed by atoms with E-state index in [9.17, 15) is 9.59 Å². The van der Waals surface area contributed by atoms with Crippen LogP contribution in [0.25, 0.3) is 0 Å². The quantitative estimate of drug-likeness (QED) is 0.860. The van der Waals surface area contributed by atoms with Crippen molar-refractivity contribution in [1.82, 2.24) is 19.8 Å². The minimum absolute atomic E-state index is 0.0105. The summed E-state index contributed by atoms with van der Waals surface area (Å²) in [6, 6.07) is 3.48. The minimum atomic E-state index is -0.161. The number of carbonyl (C=O) groups is 1. The Labute approximate surface area is 152 Å². The van der Waals surface area contributed by atoms with Crippen molar-refractivity contribution in [3.63, 3.8) is 0 Å². The monoisotopic (exact) mass is 359 g/mol. The smallest absolute Gasteiger partial charge is 0.257 e. The Bertz CT molecular complexity index is 841. The van der Waals surface area contributed by atoms with E-state index in [2.05, 4.69) is 14.9 Å². The van der Waals surface area contributed by atoms with Crippen LogP contribution in [0.2, 0.25) is 0 Å². The lowest BCUT2D eigenvalue weighted by atomic mass is 10.2. The molecule has 0 aliphatic carbocycles. The van der Waals surface area contributed by atoms with E-state index in [0.717, 1.165) is 12.1 Å². The number of hydrogen-bond acceptors (Lipinski definition) is 6. The second-order valence-corrected chi connectivity index (χ2v) is 6.95. The molecular formula is C18H25N5O3. The van der Waals surface area contributed by atoms with Gasteiger partial charge in [0.2, 0.25) is 5.95 Å². The molecule has 1 amide bonds. The van der Waals surface area contributed by atoms with Crippen molar-refractivity contribution in [3.8, 4) is 0 Å². The van der Waals surface area contributed by atoms with Crippen LogP contribution in [0.1, 0.15) is 28.2 Å². The third kappa shape index (κ3) is 3.80. The van der Waals surface area contributed by atoms with Crippen molar-refractivity contribution in [3.05, 3.63) is 45.8 Å². The molecule has 1 atom stereocenters. The predicted octanol–water partition coefficient (Wildman–Crippen LogP) is 1.08. The molecule has 2 aromatic rings. The topological polar surface area (TPSA) is 85.7 Å². The van der Waals surface area contributed by atoms with Gasteiger partial charge in [-0.2, -0.15) is 0 Å². The molecule has 1 saturated heterocycles. The van der Waals surface area contributed by atoms with Gasteiger partial charge in [0, 0.05) is 45.8 Å². The summed E-state index contributed by atoms with van der Waals surface area (Å²) < 4.78 is 5.24. The van der Waals surface area contributed by atoms with Gasteiger partial charge in [0.15, 0.2) is 0 Å². The fourth-order valence-electron chi connectivity index (χ4n) is 3.23.